The number of ketones is 1. The second-order valence-electron chi connectivity index (χ2n) is 8.22. The minimum absolute atomic E-state index is 0.0908. The smallest absolute Gasteiger partial charge is 0.259 e. The molecule has 3 aromatic heterocycles. The molecule has 5 aromatic rings. The quantitative estimate of drug-likeness (QED) is 0.282. The van der Waals surface area contributed by atoms with E-state index >= 15 is 0 Å². The molecular weight excluding hydrogens is 496 g/mol. The lowest BCUT2D eigenvalue weighted by Gasteiger charge is -2.15. The Kier molecular flexibility index (Phi) is 6.82. The van der Waals surface area contributed by atoms with Crippen LogP contribution in [0.5, 0.6) is 11.6 Å². The van der Waals surface area contributed by atoms with Crippen LogP contribution in [0.3, 0.4) is 0 Å². The highest BCUT2D eigenvalue weighted by atomic mass is 35.5. The topological polar surface area (TPSA) is 117 Å². The molecule has 0 unspecified atom stereocenters. The van der Waals surface area contributed by atoms with Gasteiger partial charge in [-0.3, -0.25) is 18.8 Å². The highest BCUT2D eigenvalue weighted by molar-refractivity contribution is 6.30. The van der Waals surface area contributed by atoms with Crippen LogP contribution in [0, 0.1) is 0 Å². The second-order valence-corrected chi connectivity index (χ2v) is 8.65. The molecule has 0 aliphatic heterocycles. The maximum atomic E-state index is 13.5. The van der Waals surface area contributed by atoms with E-state index in [4.69, 9.17) is 20.9 Å². The molecule has 0 aliphatic rings. The summed E-state index contributed by atoms with van der Waals surface area (Å²) in [6, 6.07) is 15.9. The number of halogens is 1. The number of anilines is 2. The summed E-state index contributed by atoms with van der Waals surface area (Å²) in [5.41, 5.74) is 1.92. The maximum absolute atomic E-state index is 13.5. The van der Waals surface area contributed by atoms with E-state index in [0.29, 0.717) is 33.9 Å². The summed E-state index contributed by atoms with van der Waals surface area (Å²) in [4.78, 5) is 30.7. The fourth-order valence-electron chi connectivity index (χ4n) is 3.62. The normalized spacial score (nSPS) is 10.9. The number of rotatable bonds is 9. The molecule has 10 nitrogen and oxygen atoms in total. The van der Waals surface area contributed by atoms with Crippen LogP contribution in [-0.4, -0.2) is 30.3 Å². The van der Waals surface area contributed by atoms with Gasteiger partial charge in [0, 0.05) is 48.2 Å². The highest BCUT2D eigenvalue weighted by Gasteiger charge is 2.16. The van der Waals surface area contributed by atoms with Crippen molar-refractivity contribution in [2.75, 3.05) is 5.32 Å². The third-order valence-electron chi connectivity index (χ3n) is 5.50. The van der Waals surface area contributed by atoms with Gasteiger partial charge in [0.25, 0.3) is 11.4 Å². The van der Waals surface area contributed by atoms with Crippen molar-refractivity contribution in [2.24, 2.45) is 7.05 Å². The predicted molar refractivity (Wildman–Crippen MR) is 137 cm³/mol. The van der Waals surface area contributed by atoms with E-state index in [2.05, 4.69) is 20.6 Å². The lowest BCUT2D eigenvalue weighted by molar-refractivity contribution is 0.0992. The van der Waals surface area contributed by atoms with Crippen molar-refractivity contribution in [3.8, 4) is 11.6 Å². The first-order chi connectivity index (χ1) is 17.9. The molecule has 0 bridgehead atoms. The van der Waals surface area contributed by atoms with Crippen LogP contribution in [0.25, 0.3) is 0 Å². The number of carbonyl (C=O) groups excluding carboxylic acids is 1. The van der Waals surface area contributed by atoms with Gasteiger partial charge in [-0.1, -0.05) is 23.7 Å². The standard InChI is InChI=1S/C26H21ClN6O4/c1-32-16-19(14-29-32)23(34)12-18-13-28-26(33(25(18)35)15-17-2-4-20(27)5-3-17)30-21-6-8-22(9-7-21)37-24-10-11-36-31-24/h2-11,13-14,16H,12,15H2,1H3,(H,28,30). The van der Waals surface area contributed by atoms with Gasteiger partial charge in [0.1, 0.15) is 12.0 Å². The summed E-state index contributed by atoms with van der Waals surface area (Å²) in [6.07, 6.45) is 5.86. The molecule has 0 radical (unpaired) electrons. The number of aromatic nitrogens is 5. The van der Waals surface area contributed by atoms with Crippen molar-refractivity contribution >= 4 is 29.0 Å². The van der Waals surface area contributed by atoms with Crippen LogP contribution in [0.1, 0.15) is 21.5 Å². The van der Waals surface area contributed by atoms with Gasteiger partial charge < -0.3 is 14.6 Å². The average molecular weight is 517 g/mol. The molecule has 0 saturated carbocycles. The fraction of sp³-hybridized carbons (Fsp3) is 0.115. The van der Waals surface area contributed by atoms with Crippen molar-refractivity contribution in [1.29, 1.82) is 0 Å². The number of nitrogens with one attached hydrogen (secondary N) is 1. The van der Waals surface area contributed by atoms with Gasteiger partial charge in [0.05, 0.1) is 18.3 Å². The molecule has 3 heterocycles. The van der Waals surface area contributed by atoms with E-state index in [1.807, 2.05) is 12.1 Å². The van der Waals surface area contributed by atoms with E-state index < -0.39 is 0 Å². The number of aryl methyl sites for hydroxylation is 1. The lowest BCUT2D eigenvalue weighted by atomic mass is 10.1. The summed E-state index contributed by atoms with van der Waals surface area (Å²) in [7, 11) is 1.73. The minimum atomic E-state index is -0.323. The van der Waals surface area contributed by atoms with Gasteiger partial charge >= 0.3 is 0 Å². The van der Waals surface area contributed by atoms with Crippen molar-refractivity contribution < 1.29 is 14.1 Å². The molecule has 0 fully saturated rings. The van der Waals surface area contributed by atoms with Gasteiger partial charge in [-0.25, -0.2) is 4.98 Å². The zero-order valence-electron chi connectivity index (χ0n) is 19.7. The number of benzene rings is 2. The zero-order valence-corrected chi connectivity index (χ0v) is 20.4. The predicted octanol–water partition coefficient (Wildman–Crippen LogP) is 4.63. The minimum Gasteiger partial charge on any atom is -0.436 e. The van der Waals surface area contributed by atoms with E-state index in [1.165, 1.54) is 23.2 Å². The Bertz CT molecular complexity index is 1580. The van der Waals surface area contributed by atoms with Gasteiger partial charge in [0.2, 0.25) is 5.95 Å². The third kappa shape index (κ3) is 5.76. The van der Waals surface area contributed by atoms with Crippen LogP contribution in [0.4, 0.5) is 11.6 Å². The number of hydrogen-bond acceptors (Lipinski definition) is 8. The third-order valence-corrected chi connectivity index (χ3v) is 5.75. The Morgan fingerprint density at radius 2 is 1.86 bits per heavy atom. The number of nitrogens with zero attached hydrogens (tertiary/aromatic N) is 5. The summed E-state index contributed by atoms with van der Waals surface area (Å²) < 4.78 is 13.4. The van der Waals surface area contributed by atoms with Crippen LogP contribution in [0.2, 0.25) is 5.02 Å². The van der Waals surface area contributed by atoms with Gasteiger partial charge in [-0.05, 0) is 47.1 Å². The Labute approximate surface area is 216 Å². The first-order valence-electron chi connectivity index (χ1n) is 11.2. The molecule has 186 valence electrons. The maximum Gasteiger partial charge on any atom is 0.259 e. The fourth-order valence-corrected chi connectivity index (χ4v) is 3.75. The van der Waals surface area contributed by atoms with E-state index in [1.54, 1.807) is 60.4 Å². The molecule has 0 saturated heterocycles. The second kappa shape index (κ2) is 10.5. The van der Waals surface area contributed by atoms with E-state index in [-0.39, 0.29) is 29.9 Å². The Hall–Kier alpha value is -4.70. The summed E-state index contributed by atoms with van der Waals surface area (Å²) in [5.74, 6) is 1.02. The summed E-state index contributed by atoms with van der Waals surface area (Å²) >= 11 is 6.03. The molecule has 11 heteroatoms. The number of Topliss-reactive ketones (excluding diaryl/α,β-unsaturated/α-hetero) is 1. The monoisotopic (exact) mass is 516 g/mol. The molecule has 0 aliphatic carbocycles. The Morgan fingerprint density at radius 1 is 1.08 bits per heavy atom. The molecule has 1 N–H and O–H groups in total. The van der Waals surface area contributed by atoms with Gasteiger partial charge in [0.15, 0.2) is 5.78 Å². The van der Waals surface area contributed by atoms with Gasteiger partial charge in [-0.2, -0.15) is 5.10 Å². The zero-order chi connectivity index (χ0) is 25.8. The molecule has 37 heavy (non-hydrogen) atoms. The molecule has 0 amide bonds. The van der Waals surface area contributed by atoms with Crippen LogP contribution in [-0.2, 0) is 20.0 Å². The summed E-state index contributed by atoms with van der Waals surface area (Å²) in [5, 5.41) is 11.5. The molecule has 2 aromatic carbocycles. The van der Waals surface area contributed by atoms with E-state index in [9.17, 15) is 9.59 Å². The van der Waals surface area contributed by atoms with Crippen LogP contribution < -0.4 is 15.6 Å². The first kappa shape index (κ1) is 24.0. The van der Waals surface area contributed by atoms with Crippen LogP contribution in [0.15, 0.2) is 88.8 Å². The number of ether oxygens (including phenoxy) is 1. The first-order valence-corrected chi connectivity index (χ1v) is 11.6. The van der Waals surface area contributed by atoms with Crippen molar-refractivity contribution in [2.45, 2.75) is 13.0 Å². The van der Waals surface area contributed by atoms with Gasteiger partial charge in [-0.15, -0.1) is 0 Å². The Morgan fingerprint density at radius 3 is 2.54 bits per heavy atom. The molecule has 0 atom stereocenters. The van der Waals surface area contributed by atoms with Crippen LogP contribution >= 0.6 is 11.6 Å². The molecule has 0 spiro atoms. The van der Waals surface area contributed by atoms with Crippen molar-refractivity contribution in [3.05, 3.63) is 112 Å². The molecular formula is C26H21ClN6O4. The van der Waals surface area contributed by atoms with E-state index in [0.717, 1.165) is 5.56 Å². The SMILES string of the molecule is Cn1cc(C(=O)Cc2cnc(Nc3ccc(Oc4ccon4)cc3)n(Cc3ccc(Cl)cc3)c2=O)cn1. The largest absolute Gasteiger partial charge is 0.436 e. The Balaban J connectivity index is 1.42. The lowest BCUT2D eigenvalue weighted by Crippen LogP contribution is -2.28. The van der Waals surface area contributed by atoms with Crippen molar-refractivity contribution in [1.82, 2.24) is 24.5 Å². The molecule has 5 rings (SSSR count). The average Bonchev–Trinajstić information content (AvgIpc) is 3.57. The number of carbonyl (C=O) groups is 1. The highest BCUT2D eigenvalue weighted by Crippen LogP contribution is 2.23. The van der Waals surface area contributed by atoms with Crippen molar-refractivity contribution in [3.63, 3.8) is 0 Å². The number of hydrogen-bond donors (Lipinski definition) is 1. The summed E-state index contributed by atoms with van der Waals surface area (Å²) in [6.45, 7) is 0.230.